The van der Waals surface area contributed by atoms with Gasteiger partial charge in [-0.15, -0.1) is 0 Å². The first-order chi connectivity index (χ1) is 9.83. The minimum atomic E-state index is 0.259. The smallest absolute Gasteiger partial charge is 0.115 e. The topological polar surface area (TPSA) is 73.8 Å². The number of benzene rings is 1. The van der Waals surface area contributed by atoms with Crippen molar-refractivity contribution < 1.29 is 5.11 Å². The fraction of sp³-hybridized carbons (Fsp3) is 0.0667. The van der Waals surface area contributed by atoms with Gasteiger partial charge in [-0.1, -0.05) is 0 Å². The second-order valence-electron chi connectivity index (χ2n) is 4.41. The van der Waals surface area contributed by atoms with Crippen molar-refractivity contribution in [3.8, 4) is 17.0 Å². The van der Waals surface area contributed by atoms with Gasteiger partial charge in [0, 0.05) is 35.8 Å². The average Bonchev–Trinajstić information content (AvgIpc) is 2.96. The van der Waals surface area contributed by atoms with Crippen molar-refractivity contribution in [2.45, 2.75) is 6.54 Å². The molecule has 3 N–H and O–H groups in total. The number of H-pyrrole nitrogens is 1. The molecule has 100 valence electrons. The highest BCUT2D eigenvalue weighted by Crippen LogP contribution is 2.21. The van der Waals surface area contributed by atoms with Gasteiger partial charge in [-0.3, -0.25) is 10.1 Å². The van der Waals surface area contributed by atoms with E-state index in [0.29, 0.717) is 6.54 Å². The van der Waals surface area contributed by atoms with Crippen LogP contribution in [0.2, 0.25) is 0 Å². The molecule has 3 rings (SSSR count). The van der Waals surface area contributed by atoms with E-state index in [1.54, 1.807) is 30.7 Å². The van der Waals surface area contributed by atoms with E-state index in [0.717, 1.165) is 22.5 Å². The highest BCUT2D eigenvalue weighted by atomic mass is 16.3. The summed E-state index contributed by atoms with van der Waals surface area (Å²) in [7, 11) is 0. The van der Waals surface area contributed by atoms with Crippen molar-refractivity contribution in [3.05, 3.63) is 60.6 Å². The minimum Gasteiger partial charge on any atom is -0.508 e. The third-order valence-electron chi connectivity index (χ3n) is 3.02. The SMILES string of the molecule is Oc1ccc(NCc2cn[nH]c2-c2cccnc2)cc1. The third kappa shape index (κ3) is 2.61. The van der Waals surface area contributed by atoms with E-state index in [-0.39, 0.29) is 5.75 Å². The van der Waals surface area contributed by atoms with Crippen LogP contribution in [0, 0.1) is 0 Å². The van der Waals surface area contributed by atoms with Gasteiger partial charge in [0.2, 0.25) is 0 Å². The molecule has 2 heterocycles. The van der Waals surface area contributed by atoms with Crippen LogP contribution in [0.4, 0.5) is 5.69 Å². The van der Waals surface area contributed by atoms with Crippen LogP contribution in [0.3, 0.4) is 0 Å². The van der Waals surface area contributed by atoms with Crippen LogP contribution in [-0.2, 0) is 6.54 Å². The van der Waals surface area contributed by atoms with Gasteiger partial charge in [0.05, 0.1) is 11.9 Å². The number of hydrogen-bond donors (Lipinski definition) is 3. The largest absolute Gasteiger partial charge is 0.508 e. The number of aromatic amines is 1. The maximum atomic E-state index is 9.25. The van der Waals surface area contributed by atoms with Crippen LogP contribution in [0.1, 0.15) is 5.56 Å². The van der Waals surface area contributed by atoms with Gasteiger partial charge in [0.1, 0.15) is 5.75 Å². The van der Waals surface area contributed by atoms with E-state index in [1.807, 2.05) is 24.3 Å². The predicted octanol–water partition coefficient (Wildman–Crippen LogP) is 2.79. The number of aromatic hydroxyl groups is 1. The van der Waals surface area contributed by atoms with Crippen LogP contribution < -0.4 is 5.32 Å². The quantitative estimate of drug-likeness (QED) is 0.635. The molecule has 0 amide bonds. The Labute approximate surface area is 116 Å². The summed E-state index contributed by atoms with van der Waals surface area (Å²) in [5, 5.41) is 19.6. The molecular weight excluding hydrogens is 252 g/mol. The number of phenolic OH excluding ortho intramolecular Hbond substituents is 1. The molecule has 0 aliphatic carbocycles. The lowest BCUT2D eigenvalue weighted by molar-refractivity contribution is 0.475. The zero-order valence-electron chi connectivity index (χ0n) is 10.7. The summed E-state index contributed by atoms with van der Waals surface area (Å²) in [6.07, 6.45) is 5.35. The summed E-state index contributed by atoms with van der Waals surface area (Å²) >= 11 is 0. The molecule has 0 fully saturated rings. The number of phenols is 1. The number of rotatable bonds is 4. The van der Waals surface area contributed by atoms with E-state index in [4.69, 9.17) is 0 Å². The van der Waals surface area contributed by atoms with Crippen molar-refractivity contribution in [2.24, 2.45) is 0 Å². The molecule has 0 unspecified atom stereocenters. The number of anilines is 1. The van der Waals surface area contributed by atoms with Crippen LogP contribution in [0.25, 0.3) is 11.3 Å². The fourth-order valence-corrected chi connectivity index (χ4v) is 1.98. The fourth-order valence-electron chi connectivity index (χ4n) is 1.98. The second-order valence-corrected chi connectivity index (χ2v) is 4.41. The summed E-state index contributed by atoms with van der Waals surface area (Å²) < 4.78 is 0. The zero-order valence-corrected chi connectivity index (χ0v) is 10.7. The predicted molar refractivity (Wildman–Crippen MR) is 77.3 cm³/mol. The number of hydrogen-bond acceptors (Lipinski definition) is 4. The molecule has 0 atom stereocenters. The number of nitrogens with one attached hydrogen (secondary N) is 2. The first kappa shape index (κ1) is 12.2. The van der Waals surface area contributed by atoms with Gasteiger partial charge in [-0.2, -0.15) is 5.10 Å². The average molecular weight is 266 g/mol. The normalized spacial score (nSPS) is 10.4. The van der Waals surface area contributed by atoms with Crippen molar-refractivity contribution in [3.63, 3.8) is 0 Å². The molecule has 20 heavy (non-hydrogen) atoms. The Morgan fingerprint density at radius 1 is 1.10 bits per heavy atom. The van der Waals surface area contributed by atoms with Crippen molar-refractivity contribution in [1.29, 1.82) is 0 Å². The summed E-state index contributed by atoms with van der Waals surface area (Å²) in [4.78, 5) is 4.11. The Morgan fingerprint density at radius 2 is 1.95 bits per heavy atom. The van der Waals surface area contributed by atoms with Crippen LogP contribution in [0.15, 0.2) is 55.0 Å². The Bertz CT molecular complexity index is 677. The zero-order chi connectivity index (χ0) is 13.8. The van der Waals surface area contributed by atoms with Crippen molar-refractivity contribution in [2.75, 3.05) is 5.32 Å². The Kier molecular flexibility index (Phi) is 3.33. The molecule has 0 aliphatic heterocycles. The highest BCUT2D eigenvalue weighted by Gasteiger charge is 2.07. The third-order valence-corrected chi connectivity index (χ3v) is 3.02. The summed E-state index contributed by atoms with van der Waals surface area (Å²) in [5.41, 5.74) is 3.98. The second kappa shape index (κ2) is 5.44. The molecule has 5 nitrogen and oxygen atoms in total. The summed E-state index contributed by atoms with van der Waals surface area (Å²) in [5.74, 6) is 0.259. The lowest BCUT2D eigenvalue weighted by atomic mass is 10.1. The van der Waals surface area contributed by atoms with E-state index in [1.165, 1.54) is 0 Å². The van der Waals surface area contributed by atoms with Gasteiger partial charge in [0.25, 0.3) is 0 Å². The Morgan fingerprint density at radius 3 is 2.70 bits per heavy atom. The maximum absolute atomic E-state index is 9.25. The van der Waals surface area contributed by atoms with Crippen LogP contribution in [-0.4, -0.2) is 20.3 Å². The van der Waals surface area contributed by atoms with E-state index in [9.17, 15) is 5.11 Å². The molecule has 0 spiro atoms. The van der Waals surface area contributed by atoms with Gasteiger partial charge < -0.3 is 10.4 Å². The van der Waals surface area contributed by atoms with E-state index in [2.05, 4.69) is 20.5 Å². The number of nitrogens with zero attached hydrogens (tertiary/aromatic N) is 2. The van der Waals surface area contributed by atoms with Crippen molar-refractivity contribution >= 4 is 5.69 Å². The number of pyridine rings is 1. The number of aromatic nitrogens is 3. The molecule has 0 bridgehead atoms. The molecule has 0 aliphatic rings. The minimum absolute atomic E-state index is 0.259. The van der Waals surface area contributed by atoms with E-state index >= 15 is 0 Å². The monoisotopic (exact) mass is 266 g/mol. The first-order valence-corrected chi connectivity index (χ1v) is 6.28. The maximum Gasteiger partial charge on any atom is 0.115 e. The van der Waals surface area contributed by atoms with Crippen molar-refractivity contribution in [1.82, 2.24) is 15.2 Å². The van der Waals surface area contributed by atoms with Gasteiger partial charge >= 0.3 is 0 Å². The highest BCUT2D eigenvalue weighted by molar-refractivity contribution is 5.62. The lowest BCUT2D eigenvalue weighted by Gasteiger charge is -2.07. The molecule has 5 heteroatoms. The summed E-state index contributed by atoms with van der Waals surface area (Å²) in [6, 6.07) is 10.9. The molecular formula is C15H14N4O. The van der Waals surface area contributed by atoms with Gasteiger partial charge in [-0.05, 0) is 36.4 Å². The Balaban J connectivity index is 1.76. The summed E-state index contributed by atoms with van der Waals surface area (Å²) in [6.45, 7) is 0.644. The standard InChI is InChI=1S/C15H14N4O/c20-14-5-3-13(4-6-14)17-9-12-10-18-19-15(12)11-2-1-7-16-8-11/h1-8,10,17,20H,9H2,(H,18,19). The molecule has 0 radical (unpaired) electrons. The van der Waals surface area contributed by atoms with E-state index < -0.39 is 0 Å². The van der Waals surface area contributed by atoms with Crippen LogP contribution in [0.5, 0.6) is 5.75 Å². The molecule has 0 saturated carbocycles. The molecule has 0 saturated heterocycles. The van der Waals surface area contributed by atoms with Gasteiger partial charge in [-0.25, -0.2) is 0 Å². The molecule has 3 aromatic rings. The molecule has 1 aromatic carbocycles. The van der Waals surface area contributed by atoms with Gasteiger partial charge in [0.15, 0.2) is 0 Å². The van der Waals surface area contributed by atoms with Crippen LogP contribution >= 0.6 is 0 Å². The molecule has 2 aromatic heterocycles. The Hall–Kier alpha value is -2.82. The lowest BCUT2D eigenvalue weighted by Crippen LogP contribution is -1.99. The first-order valence-electron chi connectivity index (χ1n) is 6.28.